The average molecular weight is 182 g/mol. The highest BCUT2D eigenvalue weighted by atomic mass is 32.2. The molecule has 0 saturated heterocycles. The van der Waals surface area contributed by atoms with Crippen molar-refractivity contribution >= 4 is 29.0 Å². The number of nitrogens with zero attached hydrogens (tertiary/aromatic N) is 1. The lowest BCUT2D eigenvalue weighted by atomic mass is 10.4. The fraction of sp³-hybridized carbons (Fsp3) is 0. The number of hydrogen-bond donors (Lipinski definition) is 1. The van der Waals surface area contributed by atoms with Crippen LogP contribution < -0.4 is 4.72 Å². The van der Waals surface area contributed by atoms with Gasteiger partial charge >= 0.3 is 0 Å². The van der Waals surface area contributed by atoms with Crippen molar-refractivity contribution in [3.05, 3.63) is 34.1 Å². The van der Waals surface area contributed by atoms with Crippen molar-refractivity contribution < 1.29 is 0 Å². The van der Waals surface area contributed by atoms with Crippen LogP contribution in [0.15, 0.2) is 29.1 Å². The van der Waals surface area contributed by atoms with E-state index in [2.05, 4.69) is 9.71 Å². The van der Waals surface area contributed by atoms with Gasteiger partial charge in [0.2, 0.25) is 0 Å². The van der Waals surface area contributed by atoms with Crippen LogP contribution in [0, 0.1) is 0 Å². The molecule has 1 aromatic rings. The molecule has 1 aliphatic heterocycles. The molecule has 4 heteroatoms. The molecular formula is C7H6N2S2. The molecule has 2 rings (SSSR count). The summed E-state index contributed by atoms with van der Waals surface area (Å²) in [6.45, 7) is 0. The van der Waals surface area contributed by atoms with E-state index in [0.29, 0.717) is 0 Å². The average Bonchev–Trinajstić information content (AvgIpc) is 2.58. The molecule has 0 saturated carbocycles. The molecule has 0 fully saturated rings. The Hall–Kier alpha value is -0.740. The minimum absolute atomic E-state index is 1.04. The molecule has 56 valence electrons. The summed E-state index contributed by atoms with van der Waals surface area (Å²) < 4.78 is 3.16. The van der Waals surface area contributed by atoms with E-state index in [9.17, 15) is 0 Å². The maximum Gasteiger partial charge on any atom is 0.140 e. The Morgan fingerprint density at radius 2 is 2.45 bits per heavy atom. The summed E-state index contributed by atoms with van der Waals surface area (Å²) in [5, 5.41) is 5.01. The van der Waals surface area contributed by atoms with E-state index in [-0.39, 0.29) is 0 Å². The lowest BCUT2D eigenvalue weighted by Crippen LogP contribution is -2.02. The number of rotatable bonds is 1. The van der Waals surface area contributed by atoms with Crippen LogP contribution in [0.4, 0.5) is 0 Å². The largest absolute Gasteiger partial charge is 0.324 e. The summed E-state index contributed by atoms with van der Waals surface area (Å²) in [6, 6.07) is 0. The van der Waals surface area contributed by atoms with Crippen molar-refractivity contribution in [1.29, 1.82) is 0 Å². The van der Waals surface area contributed by atoms with Crippen LogP contribution in [-0.4, -0.2) is 4.98 Å². The highest BCUT2D eigenvalue weighted by Crippen LogP contribution is 2.20. The zero-order valence-electron chi connectivity index (χ0n) is 5.65. The second kappa shape index (κ2) is 3.11. The molecule has 0 amide bonds. The van der Waals surface area contributed by atoms with E-state index in [0.717, 1.165) is 10.7 Å². The van der Waals surface area contributed by atoms with Gasteiger partial charge in [-0.15, -0.1) is 11.3 Å². The smallest absolute Gasteiger partial charge is 0.140 e. The predicted molar refractivity (Wildman–Crippen MR) is 50.0 cm³/mol. The molecule has 2 nitrogen and oxygen atoms in total. The second-order valence-electron chi connectivity index (χ2n) is 1.97. The first-order chi connectivity index (χ1) is 5.47. The topological polar surface area (TPSA) is 24.9 Å². The summed E-state index contributed by atoms with van der Waals surface area (Å²) >= 11 is 3.21. The van der Waals surface area contributed by atoms with E-state index < -0.39 is 0 Å². The van der Waals surface area contributed by atoms with E-state index in [1.807, 2.05) is 29.1 Å². The van der Waals surface area contributed by atoms with Gasteiger partial charge in [0, 0.05) is 11.6 Å². The molecule has 0 bridgehead atoms. The number of hydrogen-bond acceptors (Lipinski definition) is 4. The van der Waals surface area contributed by atoms with Crippen LogP contribution in [0.3, 0.4) is 0 Å². The monoisotopic (exact) mass is 182 g/mol. The summed E-state index contributed by atoms with van der Waals surface area (Å²) in [5.41, 5.74) is 1.09. The summed E-state index contributed by atoms with van der Waals surface area (Å²) in [6.07, 6.45) is 5.85. The quantitative estimate of drug-likeness (QED) is 0.674. The van der Waals surface area contributed by atoms with Gasteiger partial charge in [0.05, 0.1) is 5.70 Å². The Morgan fingerprint density at radius 1 is 1.45 bits per heavy atom. The standard InChI is InChI=1S/C7H6N2S2/c1-2-6(9-11-4-1)7-8-3-5-10-7/h1-5,9H. The van der Waals surface area contributed by atoms with Gasteiger partial charge in [-0.05, 0) is 23.4 Å². The molecule has 1 N–H and O–H groups in total. The minimum Gasteiger partial charge on any atom is -0.324 e. The third-order valence-corrected chi connectivity index (χ3v) is 2.68. The Morgan fingerprint density at radius 3 is 3.09 bits per heavy atom. The number of aromatic nitrogens is 1. The fourth-order valence-corrected chi connectivity index (χ4v) is 1.98. The van der Waals surface area contributed by atoms with Gasteiger partial charge in [-0.2, -0.15) is 0 Å². The van der Waals surface area contributed by atoms with Gasteiger partial charge in [-0.25, -0.2) is 4.98 Å². The highest BCUT2D eigenvalue weighted by molar-refractivity contribution is 8.00. The van der Waals surface area contributed by atoms with Gasteiger partial charge < -0.3 is 4.72 Å². The molecule has 0 atom stereocenters. The Balaban J connectivity index is 2.29. The SMILES string of the molecule is C1=CSNC(c2nccs2)=C1. The van der Waals surface area contributed by atoms with Crippen LogP contribution >= 0.6 is 23.3 Å². The Kier molecular flexibility index (Phi) is 1.96. The first-order valence-corrected chi connectivity index (χ1v) is 4.91. The molecule has 0 unspecified atom stereocenters. The van der Waals surface area contributed by atoms with Gasteiger partial charge in [0.25, 0.3) is 0 Å². The van der Waals surface area contributed by atoms with E-state index in [4.69, 9.17) is 0 Å². The number of thiazole rings is 1. The zero-order chi connectivity index (χ0) is 7.52. The molecule has 0 spiro atoms. The summed E-state index contributed by atoms with van der Waals surface area (Å²) in [5.74, 6) is 0. The summed E-state index contributed by atoms with van der Waals surface area (Å²) in [4.78, 5) is 4.18. The van der Waals surface area contributed by atoms with Crippen LogP contribution in [0.5, 0.6) is 0 Å². The van der Waals surface area contributed by atoms with Crippen molar-refractivity contribution in [2.45, 2.75) is 0 Å². The van der Waals surface area contributed by atoms with Crippen molar-refractivity contribution in [2.24, 2.45) is 0 Å². The van der Waals surface area contributed by atoms with Crippen molar-refractivity contribution in [2.75, 3.05) is 0 Å². The molecule has 0 radical (unpaired) electrons. The molecule has 2 heterocycles. The van der Waals surface area contributed by atoms with Gasteiger partial charge in [0.1, 0.15) is 5.01 Å². The highest BCUT2D eigenvalue weighted by Gasteiger charge is 2.03. The van der Waals surface area contributed by atoms with Crippen LogP contribution in [0.25, 0.3) is 5.70 Å². The Bertz CT molecular complexity index is 287. The zero-order valence-corrected chi connectivity index (χ0v) is 7.28. The molecule has 0 aliphatic carbocycles. The fourth-order valence-electron chi connectivity index (χ4n) is 0.778. The normalized spacial score (nSPS) is 15.8. The molecular weight excluding hydrogens is 176 g/mol. The molecule has 11 heavy (non-hydrogen) atoms. The third-order valence-electron chi connectivity index (χ3n) is 1.24. The lowest BCUT2D eigenvalue weighted by molar-refractivity contribution is 1.31. The van der Waals surface area contributed by atoms with E-state index >= 15 is 0 Å². The first kappa shape index (κ1) is 6.94. The van der Waals surface area contributed by atoms with Crippen molar-refractivity contribution in [3.63, 3.8) is 0 Å². The third kappa shape index (κ3) is 1.46. The van der Waals surface area contributed by atoms with E-state index in [1.165, 1.54) is 0 Å². The maximum absolute atomic E-state index is 4.18. The number of allylic oxidation sites excluding steroid dienone is 2. The molecule has 1 aromatic heterocycles. The summed E-state index contributed by atoms with van der Waals surface area (Å²) in [7, 11) is 0. The lowest BCUT2D eigenvalue weighted by Gasteiger charge is -2.06. The predicted octanol–water partition coefficient (Wildman–Crippen LogP) is 2.25. The Labute approximate surface area is 73.2 Å². The van der Waals surface area contributed by atoms with E-state index in [1.54, 1.807) is 23.3 Å². The first-order valence-electron chi connectivity index (χ1n) is 3.15. The van der Waals surface area contributed by atoms with Crippen molar-refractivity contribution in [1.82, 2.24) is 9.71 Å². The van der Waals surface area contributed by atoms with Crippen LogP contribution in [0.2, 0.25) is 0 Å². The number of nitrogens with one attached hydrogen (secondary N) is 1. The van der Waals surface area contributed by atoms with Crippen LogP contribution in [0.1, 0.15) is 5.01 Å². The maximum atomic E-state index is 4.18. The minimum atomic E-state index is 1.04. The molecule has 1 aliphatic rings. The molecule has 0 aromatic carbocycles. The second-order valence-corrected chi connectivity index (χ2v) is 3.57. The van der Waals surface area contributed by atoms with Gasteiger partial charge in [0.15, 0.2) is 0 Å². The van der Waals surface area contributed by atoms with Crippen LogP contribution in [-0.2, 0) is 0 Å². The van der Waals surface area contributed by atoms with Gasteiger partial charge in [-0.3, -0.25) is 0 Å². The van der Waals surface area contributed by atoms with Gasteiger partial charge in [-0.1, -0.05) is 6.08 Å². The van der Waals surface area contributed by atoms with Crippen molar-refractivity contribution in [3.8, 4) is 0 Å².